The van der Waals surface area contributed by atoms with Gasteiger partial charge < -0.3 is 9.47 Å². The maximum atomic E-state index is 12.6. The zero-order chi connectivity index (χ0) is 19.9. The summed E-state index contributed by atoms with van der Waals surface area (Å²) in [6.45, 7) is 7.40. The van der Waals surface area contributed by atoms with Crippen LogP contribution in [0.1, 0.15) is 104 Å². The van der Waals surface area contributed by atoms with Crippen LogP contribution >= 0.6 is 0 Å². The largest absolute Gasteiger partial charge is 0.465 e. The van der Waals surface area contributed by atoms with Crippen molar-refractivity contribution in [2.75, 3.05) is 13.2 Å². The summed E-state index contributed by atoms with van der Waals surface area (Å²) in [5, 5.41) is 0. The summed E-state index contributed by atoms with van der Waals surface area (Å²) in [7, 11) is 0. The Balaban J connectivity index is 2.39. The first-order valence-corrected chi connectivity index (χ1v) is 11.4. The van der Waals surface area contributed by atoms with Crippen LogP contribution in [-0.4, -0.2) is 25.2 Å². The highest BCUT2D eigenvalue weighted by molar-refractivity contribution is 5.82. The minimum absolute atomic E-state index is 0.188. The number of hydrogen-bond donors (Lipinski definition) is 0. The van der Waals surface area contributed by atoms with Gasteiger partial charge in [0.1, 0.15) is 0 Å². The summed E-state index contributed by atoms with van der Waals surface area (Å²) in [4.78, 5) is 25.2. The zero-order valence-corrected chi connectivity index (χ0v) is 18.0. The van der Waals surface area contributed by atoms with Crippen molar-refractivity contribution in [3.05, 3.63) is 0 Å². The van der Waals surface area contributed by atoms with Crippen LogP contribution < -0.4 is 0 Å². The van der Waals surface area contributed by atoms with E-state index in [-0.39, 0.29) is 29.7 Å². The van der Waals surface area contributed by atoms with Gasteiger partial charge >= 0.3 is 11.9 Å². The molecule has 158 valence electrons. The second-order valence-electron chi connectivity index (χ2n) is 8.20. The van der Waals surface area contributed by atoms with Crippen molar-refractivity contribution in [3.63, 3.8) is 0 Å². The lowest BCUT2D eigenvalue weighted by Crippen LogP contribution is -2.39. The highest BCUT2D eigenvalue weighted by atomic mass is 16.5. The van der Waals surface area contributed by atoms with Gasteiger partial charge in [-0.25, -0.2) is 0 Å². The Labute approximate surface area is 166 Å². The summed E-state index contributed by atoms with van der Waals surface area (Å²) in [6.07, 6.45) is 14.0. The van der Waals surface area contributed by atoms with Crippen LogP contribution in [0.15, 0.2) is 0 Å². The van der Waals surface area contributed by atoms with Crippen molar-refractivity contribution in [3.8, 4) is 0 Å². The van der Waals surface area contributed by atoms with E-state index < -0.39 is 0 Å². The van der Waals surface area contributed by atoms with E-state index in [1.165, 1.54) is 38.5 Å². The van der Waals surface area contributed by atoms with E-state index >= 15 is 0 Å². The van der Waals surface area contributed by atoms with Crippen molar-refractivity contribution in [2.24, 2.45) is 17.8 Å². The molecule has 1 aliphatic carbocycles. The Morgan fingerprint density at radius 2 is 1.26 bits per heavy atom. The van der Waals surface area contributed by atoms with Crippen LogP contribution in [0.4, 0.5) is 0 Å². The molecule has 0 heterocycles. The highest BCUT2D eigenvalue weighted by Crippen LogP contribution is 2.36. The van der Waals surface area contributed by atoms with Crippen molar-refractivity contribution in [2.45, 2.75) is 104 Å². The lowest BCUT2D eigenvalue weighted by molar-refractivity contribution is -0.165. The molecule has 0 aromatic carbocycles. The van der Waals surface area contributed by atoms with Gasteiger partial charge in [0.25, 0.3) is 0 Å². The molecule has 1 fully saturated rings. The summed E-state index contributed by atoms with van der Waals surface area (Å²) in [5.74, 6) is -0.850. The molecule has 0 saturated heterocycles. The van der Waals surface area contributed by atoms with E-state index in [9.17, 15) is 9.59 Å². The molecule has 0 aromatic rings. The molecular weight excluding hydrogens is 340 g/mol. The Bertz CT molecular complexity index is 407. The lowest BCUT2D eigenvalue weighted by Gasteiger charge is -2.33. The number of hydrogen-bond acceptors (Lipinski definition) is 4. The summed E-state index contributed by atoms with van der Waals surface area (Å²) in [5.41, 5.74) is 0. The van der Waals surface area contributed by atoms with E-state index in [0.29, 0.717) is 13.2 Å². The summed E-state index contributed by atoms with van der Waals surface area (Å²) < 4.78 is 11.0. The van der Waals surface area contributed by atoms with Crippen LogP contribution in [0.25, 0.3) is 0 Å². The maximum absolute atomic E-state index is 12.6. The van der Waals surface area contributed by atoms with E-state index in [0.717, 1.165) is 44.9 Å². The van der Waals surface area contributed by atoms with E-state index in [4.69, 9.17) is 9.47 Å². The van der Waals surface area contributed by atoms with E-state index in [2.05, 4.69) is 20.8 Å². The topological polar surface area (TPSA) is 52.6 Å². The van der Waals surface area contributed by atoms with Gasteiger partial charge in [-0.15, -0.1) is 0 Å². The van der Waals surface area contributed by atoms with Crippen molar-refractivity contribution < 1.29 is 19.1 Å². The van der Waals surface area contributed by atoms with Crippen molar-refractivity contribution in [1.29, 1.82) is 0 Å². The van der Waals surface area contributed by atoms with Crippen LogP contribution in [0.2, 0.25) is 0 Å². The third-order valence-corrected chi connectivity index (χ3v) is 5.78. The van der Waals surface area contributed by atoms with Gasteiger partial charge in [0.05, 0.1) is 25.0 Å². The molecule has 0 bridgehead atoms. The fourth-order valence-electron chi connectivity index (χ4n) is 4.04. The molecule has 1 saturated carbocycles. The first-order valence-electron chi connectivity index (χ1n) is 11.4. The van der Waals surface area contributed by atoms with Gasteiger partial charge in [-0.1, -0.05) is 78.6 Å². The van der Waals surface area contributed by atoms with E-state index in [1.54, 1.807) is 0 Å². The number of unbranched alkanes of at least 4 members (excludes halogenated alkanes) is 8. The van der Waals surface area contributed by atoms with Gasteiger partial charge in [0.15, 0.2) is 0 Å². The predicted molar refractivity (Wildman–Crippen MR) is 109 cm³/mol. The molecule has 27 heavy (non-hydrogen) atoms. The van der Waals surface area contributed by atoms with Gasteiger partial charge in [-0.3, -0.25) is 9.59 Å². The number of esters is 2. The number of rotatable bonds is 14. The maximum Gasteiger partial charge on any atom is 0.310 e. The molecular formula is C23H42O4. The SMILES string of the molecule is CCCCCCCOC(=O)C1CCCC(C)C1C(=O)OCCCCCCC. The highest BCUT2D eigenvalue weighted by Gasteiger charge is 2.41. The molecule has 1 rings (SSSR count). The molecule has 4 nitrogen and oxygen atoms in total. The Morgan fingerprint density at radius 3 is 1.81 bits per heavy atom. The van der Waals surface area contributed by atoms with Gasteiger partial charge in [0.2, 0.25) is 0 Å². The smallest absolute Gasteiger partial charge is 0.310 e. The third-order valence-electron chi connectivity index (χ3n) is 5.78. The predicted octanol–water partition coefficient (Wildman–Crippen LogP) is 6.07. The van der Waals surface area contributed by atoms with Crippen LogP contribution in [0, 0.1) is 17.8 Å². The fourth-order valence-corrected chi connectivity index (χ4v) is 4.04. The minimum Gasteiger partial charge on any atom is -0.465 e. The van der Waals surface area contributed by atoms with Crippen LogP contribution in [-0.2, 0) is 19.1 Å². The molecule has 0 aromatic heterocycles. The first kappa shape index (κ1) is 24.0. The van der Waals surface area contributed by atoms with Gasteiger partial charge in [-0.2, -0.15) is 0 Å². The van der Waals surface area contributed by atoms with Crippen molar-refractivity contribution in [1.82, 2.24) is 0 Å². The monoisotopic (exact) mass is 382 g/mol. The van der Waals surface area contributed by atoms with Crippen molar-refractivity contribution >= 4 is 11.9 Å². The molecule has 0 N–H and O–H groups in total. The number of carbonyl (C=O) groups is 2. The molecule has 0 aliphatic heterocycles. The summed E-state index contributed by atoms with van der Waals surface area (Å²) >= 11 is 0. The Kier molecular flexibility index (Phi) is 13.3. The average molecular weight is 383 g/mol. The van der Waals surface area contributed by atoms with Crippen LogP contribution in [0.3, 0.4) is 0 Å². The second kappa shape index (κ2) is 14.9. The third kappa shape index (κ3) is 9.62. The molecule has 0 amide bonds. The minimum atomic E-state index is -0.331. The van der Waals surface area contributed by atoms with E-state index in [1.807, 2.05) is 0 Å². The standard InChI is InChI=1S/C23H42O4/c1-4-6-8-10-12-17-26-22(24)20-16-14-15-19(3)21(20)23(25)27-18-13-11-9-7-5-2/h19-21H,4-18H2,1-3H3. The van der Waals surface area contributed by atoms with Gasteiger partial charge in [0, 0.05) is 0 Å². The molecule has 1 aliphatic rings. The first-order chi connectivity index (χ1) is 13.1. The number of ether oxygens (including phenoxy) is 2. The molecule has 3 atom stereocenters. The lowest BCUT2D eigenvalue weighted by atomic mass is 9.73. The Morgan fingerprint density at radius 1 is 0.741 bits per heavy atom. The van der Waals surface area contributed by atoms with Crippen LogP contribution in [0.5, 0.6) is 0 Å². The molecule has 4 heteroatoms. The number of carbonyl (C=O) groups excluding carboxylic acids is 2. The quantitative estimate of drug-likeness (QED) is 0.270. The Hall–Kier alpha value is -1.06. The average Bonchev–Trinajstić information content (AvgIpc) is 2.66. The summed E-state index contributed by atoms with van der Waals surface area (Å²) in [6, 6.07) is 0. The normalized spacial score (nSPS) is 22.4. The molecule has 0 radical (unpaired) electrons. The molecule has 3 unspecified atom stereocenters. The van der Waals surface area contributed by atoms with Gasteiger partial charge in [-0.05, 0) is 31.6 Å². The fraction of sp³-hybridized carbons (Fsp3) is 0.913. The molecule has 0 spiro atoms. The zero-order valence-electron chi connectivity index (χ0n) is 18.0. The second-order valence-corrected chi connectivity index (χ2v) is 8.20.